The topological polar surface area (TPSA) is 86.7 Å². The van der Waals surface area contributed by atoms with Crippen LogP contribution in [-0.2, 0) is 9.59 Å². The Morgan fingerprint density at radius 3 is 2.91 bits per heavy atom. The van der Waals surface area contributed by atoms with Gasteiger partial charge in [0, 0.05) is 17.0 Å². The van der Waals surface area contributed by atoms with E-state index in [9.17, 15) is 19.5 Å². The van der Waals surface area contributed by atoms with Crippen LogP contribution in [0.25, 0.3) is 0 Å². The van der Waals surface area contributed by atoms with Gasteiger partial charge in [0.1, 0.15) is 6.04 Å². The maximum Gasteiger partial charge on any atom is 0.326 e. The zero-order chi connectivity index (χ0) is 15.7. The number of piperidine rings is 1. The van der Waals surface area contributed by atoms with Gasteiger partial charge in [0.15, 0.2) is 0 Å². The highest BCUT2D eigenvalue weighted by molar-refractivity contribution is 8.00. The third-order valence-corrected chi connectivity index (χ3v) is 4.98. The van der Waals surface area contributed by atoms with Crippen LogP contribution >= 0.6 is 11.8 Å². The Morgan fingerprint density at radius 2 is 2.14 bits per heavy atom. The third-order valence-electron chi connectivity index (χ3n) is 3.91. The first-order valence-electron chi connectivity index (χ1n) is 7.17. The van der Waals surface area contributed by atoms with Crippen LogP contribution in [-0.4, -0.2) is 46.1 Å². The van der Waals surface area contributed by atoms with Crippen molar-refractivity contribution in [2.24, 2.45) is 0 Å². The molecule has 2 amide bonds. The number of carbonyl (C=O) groups is 3. The maximum absolute atomic E-state index is 12.6. The van der Waals surface area contributed by atoms with Crippen LogP contribution in [0.15, 0.2) is 23.1 Å². The SMILES string of the molecule is O=C1CSc2ccc(C(=O)N3CCCCC3C(=O)O)cc2N1. The maximum atomic E-state index is 12.6. The number of thioether (sulfide) groups is 1. The van der Waals surface area contributed by atoms with Gasteiger partial charge >= 0.3 is 5.97 Å². The van der Waals surface area contributed by atoms with Crippen LogP contribution in [0.1, 0.15) is 29.6 Å². The second kappa shape index (κ2) is 6.00. The van der Waals surface area contributed by atoms with Crippen LogP contribution in [0.3, 0.4) is 0 Å². The summed E-state index contributed by atoms with van der Waals surface area (Å²) in [5.74, 6) is -0.980. The van der Waals surface area contributed by atoms with E-state index in [1.165, 1.54) is 16.7 Å². The number of anilines is 1. The molecule has 0 aromatic heterocycles. The van der Waals surface area contributed by atoms with Gasteiger partial charge in [-0.3, -0.25) is 9.59 Å². The lowest BCUT2D eigenvalue weighted by atomic mass is 10.0. The molecule has 0 aliphatic carbocycles. The summed E-state index contributed by atoms with van der Waals surface area (Å²) < 4.78 is 0. The zero-order valence-corrected chi connectivity index (χ0v) is 12.7. The smallest absolute Gasteiger partial charge is 0.326 e. The van der Waals surface area contributed by atoms with Crippen molar-refractivity contribution >= 4 is 35.2 Å². The highest BCUT2D eigenvalue weighted by atomic mass is 32.2. The van der Waals surface area contributed by atoms with Gasteiger partial charge in [-0.1, -0.05) is 0 Å². The summed E-state index contributed by atoms with van der Waals surface area (Å²) in [6.07, 6.45) is 2.11. The normalized spacial score (nSPS) is 21.0. The largest absolute Gasteiger partial charge is 0.480 e. The molecule has 116 valence electrons. The van der Waals surface area contributed by atoms with Crippen molar-refractivity contribution in [1.82, 2.24) is 4.90 Å². The summed E-state index contributed by atoms with van der Waals surface area (Å²) in [7, 11) is 0. The van der Waals surface area contributed by atoms with Crippen molar-refractivity contribution < 1.29 is 19.5 Å². The van der Waals surface area contributed by atoms with E-state index in [-0.39, 0.29) is 11.8 Å². The molecule has 1 fully saturated rings. The number of carboxylic acids is 1. The number of hydrogen-bond acceptors (Lipinski definition) is 4. The first-order valence-corrected chi connectivity index (χ1v) is 8.15. The number of benzene rings is 1. The number of aliphatic carboxylic acids is 1. The van der Waals surface area contributed by atoms with Gasteiger partial charge in [0.25, 0.3) is 5.91 Å². The molecule has 7 heteroatoms. The highest BCUT2D eigenvalue weighted by Gasteiger charge is 2.32. The van der Waals surface area contributed by atoms with Crippen molar-refractivity contribution in [2.75, 3.05) is 17.6 Å². The molecule has 6 nitrogen and oxygen atoms in total. The van der Waals surface area contributed by atoms with E-state index in [1.54, 1.807) is 18.2 Å². The Bertz CT molecular complexity index is 646. The summed E-state index contributed by atoms with van der Waals surface area (Å²) >= 11 is 1.43. The summed E-state index contributed by atoms with van der Waals surface area (Å²) in [5, 5.41) is 12.0. The predicted octanol–water partition coefficient (Wildman–Crippen LogP) is 1.81. The Balaban J connectivity index is 1.86. The number of amides is 2. The van der Waals surface area contributed by atoms with Crippen LogP contribution < -0.4 is 5.32 Å². The summed E-state index contributed by atoms with van der Waals surface area (Å²) in [5.41, 5.74) is 1.03. The van der Waals surface area contributed by atoms with Gasteiger partial charge in [-0.2, -0.15) is 0 Å². The number of fused-ring (bicyclic) bond motifs is 1. The lowest BCUT2D eigenvalue weighted by molar-refractivity contribution is -0.143. The molecule has 0 bridgehead atoms. The van der Waals surface area contributed by atoms with Crippen LogP contribution in [0.5, 0.6) is 0 Å². The Kier molecular flexibility index (Phi) is 4.06. The van der Waals surface area contributed by atoms with Crippen molar-refractivity contribution in [3.63, 3.8) is 0 Å². The fourth-order valence-electron chi connectivity index (χ4n) is 2.81. The fraction of sp³-hybridized carbons (Fsp3) is 0.400. The van der Waals surface area contributed by atoms with E-state index in [1.807, 2.05) is 0 Å². The quantitative estimate of drug-likeness (QED) is 0.868. The molecule has 0 saturated carbocycles. The minimum absolute atomic E-state index is 0.0940. The molecular weight excluding hydrogens is 304 g/mol. The van der Waals surface area contributed by atoms with Gasteiger partial charge in [0.2, 0.25) is 5.91 Å². The standard InChI is InChI=1S/C15H16N2O4S/c18-13-8-22-12-5-4-9(7-10(12)16-13)14(19)17-6-2-1-3-11(17)15(20)21/h4-5,7,11H,1-3,6,8H2,(H,16,18)(H,20,21). The molecule has 22 heavy (non-hydrogen) atoms. The van der Waals surface area contributed by atoms with E-state index in [2.05, 4.69) is 5.32 Å². The number of carbonyl (C=O) groups excluding carboxylic acids is 2. The molecule has 1 aromatic rings. The molecule has 1 unspecified atom stereocenters. The average molecular weight is 320 g/mol. The van der Waals surface area contributed by atoms with Gasteiger partial charge < -0.3 is 15.3 Å². The van der Waals surface area contributed by atoms with Crippen molar-refractivity contribution in [3.05, 3.63) is 23.8 Å². The minimum Gasteiger partial charge on any atom is -0.480 e. The second-order valence-corrected chi connectivity index (χ2v) is 6.41. The number of hydrogen-bond donors (Lipinski definition) is 2. The number of likely N-dealkylation sites (tertiary alicyclic amines) is 1. The number of nitrogens with zero attached hydrogens (tertiary/aromatic N) is 1. The number of nitrogens with one attached hydrogen (secondary N) is 1. The van der Waals surface area contributed by atoms with Crippen molar-refractivity contribution in [2.45, 2.75) is 30.2 Å². The van der Waals surface area contributed by atoms with E-state index in [4.69, 9.17) is 0 Å². The first-order chi connectivity index (χ1) is 10.6. The Labute approximate surface area is 131 Å². The van der Waals surface area contributed by atoms with Gasteiger partial charge in [-0.05, 0) is 37.5 Å². The van der Waals surface area contributed by atoms with Crippen LogP contribution in [0.2, 0.25) is 0 Å². The fourth-order valence-corrected chi connectivity index (χ4v) is 3.60. The number of carboxylic acid groups (broad SMARTS) is 1. The lowest BCUT2D eigenvalue weighted by Gasteiger charge is -2.33. The number of rotatable bonds is 2. The highest BCUT2D eigenvalue weighted by Crippen LogP contribution is 2.32. The van der Waals surface area contributed by atoms with E-state index < -0.39 is 12.0 Å². The van der Waals surface area contributed by atoms with E-state index in [0.717, 1.165) is 17.7 Å². The van der Waals surface area contributed by atoms with Gasteiger partial charge in [-0.15, -0.1) is 11.8 Å². The third kappa shape index (κ3) is 2.81. The summed E-state index contributed by atoms with van der Waals surface area (Å²) in [6, 6.07) is 4.36. The zero-order valence-electron chi connectivity index (χ0n) is 11.9. The van der Waals surface area contributed by atoms with Crippen LogP contribution in [0, 0.1) is 0 Å². The Morgan fingerprint density at radius 1 is 1.32 bits per heavy atom. The monoisotopic (exact) mass is 320 g/mol. The van der Waals surface area contributed by atoms with Gasteiger partial charge in [-0.25, -0.2) is 4.79 Å². The molecule has 2 aliphatic rings. The van der Waals surface area contributed by atoms with E-state index in [0.29, 0.717) is 30.0 Å². The molecule has 0 spiro atoms. The molecule has 1 aromatic carbocycles. The summed E-state index contributed by atoms with van der Waals surface area (Å²) in [6.45, 7) is 0.452. The van der Waals surface area contributed by atoms with Crippen LogP contribution in [0.4, 0.5) is 5.69 Å². The molecular formula is C15H16N2O4S. The van der Waals surface area contributed by atoms with Gasteiger partial charge in [0.05, 0.1) is 11.4 Å². The second-order valence-electron chi connectivity index (χ2n) is 5.40. The molecule has 1 atom stereocenters. The average Bonchev–Trinajstić information content (AvgIpc) is 2.53. The minimum atomic E-state index is -0.963. The first kappa shape index (κ1) is 14.9. The molecule has 3 rings (SSSR count). The molecule has 1 saturated heterocycles. The predicted molar refractivity (Wildman–Crippen MR) is 82.1 cm³/mol. The molecule has 0 radical (unpaired) electrons. The lowest BCUT2D eigenvalue weighted by Crippen LogP contribution is -2.48. The summed E-state index contributed by atoms with van der Waals surface area (Å²) in [4.78, 5) is 37.7. The molecule has 2 N–H and O–H groups in total. The van der Waals surface area contributed by atoms with Crippen molar-refractivity contribution in [1.29, 1.82) is 0 Å². The Hall–Kier alpha value is -2.02. The molecule has 2 heterocycles. The van der Waals surface area contributed by atoms with E-state index >= 15 is 0 Å². The van der Waals surface area contributed by atoms with Crippen molar-refractivity contribution in [3.8, 4) is 0 Å². The molecule has 2 aliphatic heterocycles.